The average Bonchev–Trinajstić information content (AvgIpc) is 2.14. The van der Waals surface area contributed by atoms with E-state index in [1.54, 1.807) is 0 Å². The number of hydrogen-bond donors (Lipinski definition) is 1. The van der Waals surface area contributed by atoms with Gasteiger partial charge in [-0.2, -0.15) is 0 Å². The summed E-state index contributed by atoms with van der Waals surface area (Å²) in [5.74, 6) is 1.13. The maximum atomic E-state index is 12.0. The molecule has 1 heterocycles. The number of nitrogens with one attached hydrogen (secondary N) is 1. The maximum Gasteiger partial charge on any atom is 0.168 e. The summed E-state index contributed by atoms with van der Waals surface area (Å²) in [5.41, 5.74) is 2.15. The molecule has 0 bridgehead atoms. The predicted molar refractivity (Wildman–Crippen MR) is 65.7 cm³/mol. The molecule has 1 fully saturated rings. The van der Waals surface area contributed by atoms with Gasteiger partial charge in [0, 0.05) is 24.6 Å². The van der Waals surface area contributed by atoms with Crippen LogP contribution < -0.4 is 5.32 Å². The first-order valence-corrected chi connectivity index (χ1v) is 6.00. The first-order valence-electron chi connectivity index (χ1n) is 6.00. The normalized spacial score (nSPS) is 16.2. The lowest BCUT2D eigenvalue weighted by molar-refractivity contribution is 0.0878. The van der Waals surface area contributed by atoms with Crippen LogP contribution in [0.25, 0.3) is 0 Å². The summed E-state index contributed by atoms with van der Waals surface area (Å²) in [6, 6.07) is 8.10. The van der Waals surface area contributed by atoms with E-state index in [0.717, 1.165) is 25.1 Å². The predicted octanol–water partition coefficient (Wildman–Crippen LogP) is 2.29. The van der Waals surface area contributed by atoms with Crippen molar-refractivity contribution in [3.8, 4) is 0 Å². The van der Waals surface area contributed by atoms with Gasteiger partial charge in [-0.1, -0.05) is 32.0 Å². The molecule has 2 rings (SSSR count). The van der Waals surface area contributed by atoms with Gasteiger partial charge in [0.2, 0.25) is 0 Å². The average molecular weight is 217 g/mol. The Morgan fingerprint density at radius 2 is 2.19 bits per heavy atom. The molecule has 16 heavy (non-hydrogen) atoms. The van der Waals surface area contributed by atoms with Crippen molar-refractivity contribution in [2.75, 3.05) is 13.1 Å². The van der Waals surface area contributed by atoms with Crippen molar-refractivity contribution in [1.29, 1.82) is 0 Å². The Hall–Kier alpha value is -1.15. The first kappa shape index (κ1) is 11.3. The van der Waals surface area contributed by atoms with Gasteiger partial charge in [-0.05, 0) is 24.0 Å². The van der Waals surface area contributed by atoms with E-state index in [-0.39, 0.29) is 5.92 Å². The third kappa shape index (κ3) is 2.50. The molecule has 86 valence electrons. The molecule has 0 aromatic heterocycles. The molecule has 2 nitrogen and oxygen atoms in total. The number of carbonyl (C=O) groups is 1. The summed E-state index contributed by atoms with van der Waals surface area (Å²) < 4.78 is 0. The van der Waals surface area contributed by atoms with Crippen molar-refractivity contribution in [2.24, 2.45) is 11.8 Å². The molecular formula is C14H19NO. The van der Waals surface area contributed by atoms with Gasteiger partial charge in [-0.3, -0.25) is 4.79 Å². The minimum Gasteiger partial charge on any atom is -0.315 e. The van der Waals surface area contributed by atoms with Crippen LogP contribution in [0.15, 0.2) is 24.3 Å². The summed E-state index contributed by atoms with van der Waals surface area (Å²) >= 11 is 0. The SMILES string of the molecule is CC(C)Cc1cccc(C(=O)C2CNC2)c1. The number of Topliss-reactive ketones (excluding diaryl/α,β-unsaturated/α-hetero) is 1. The molecule has 0 saturated carbocycles. The van der Waals surface area contributed by atoms with Crippen LogP contribution >= 0.6 is 0 Å². The highest BCUT2D eigenvalue weighted by Crippen LogP contribution is 2.16. The summed E-state index contributed by atoms with van der Waals surface area (Å²) in [6.07, 6.45) is 1.05. The van der Waals surface area contributed by atoms with Crippen LogP contribution in [0, 0.1) is 11.8 Å². The van der Waals surface area contributed by atoms with Gasteiger partial charge < -0.3 is 5.32 Å². The molecule has 0 amide bonds. The van der Waals surface area contributed by atoms with Crippen molar-refractivity contribution >= 4 is 5.78 Å². The van der Waals surface area contributed by atoms with E-state index in [9.17, 15) is 4.79 Å². The van der Waals surface area contributed by atoms with E-state index < -0.39 is 0 Å². The molecule has 1 saturated heterocycles. The van der Waals surface area contributed by atoms with Gasteiger partial charge >= 0.3 is 0 Å². The van der Waals surface area contributed by atoms with E-state index >= 15 is 0 Å². The Balaban J connectivity index is 2.11. The zero-order chi connectivity index (χ0) is 11.5. The molecule has 1 aromatic rings. The molecule has 2 heteroatoms. The van der Waals surface area contributed by atoms with Crippen LogP contribution in [0.4, 0.5) is 0 Å². The second-order valence-corrected chi connectivity index (χ2v) is 5.02. The fourth-order valence-electron chi connectivity index (χ4n) is 2.03. The summed E-state index contributed by atoms with van der Waals surface area (Å²) in [5, 5.41) is 3.14. The van der Waals surface area contributed by atoms with E-state index in [0.29, 0.717) is 11.7 Å². The van der Waals surface area contributed by atoms with Gasteiger partial charge in [0.15, 0.2) is 5.78 Å². The molecule has 0 spiro atoms. The molecule has 0 unspecified atom stereocenters. The van der Waals surface area contributed by atoms with Gasteiger partial charge in [0.25, 0.3) is 0 Å². The fraction of sp³-hybridized carbons (Fsp3) is 0.500. The Morgan fingerprint density at radius 1 is 1.44 bits per heavy atom. The minimum atomic E-state index is 0.203. The molecule has 1 aliphatic rings. The molecular weight excluding hydrogens is 198 g/mol. The lowest BCUT2D eigenvalue weighted by atomic mass is 9.91. The standard InChI is InChI=1S/C14H19NO/c1-10(2)6-11-4-3-5-12(7-11)14(16)13-8-15-9-13/h3-5,7,10,13,15H,6,8-9H2,1-2H3. The van der Waals surface area contributed by atoms with Crippen molar-refractivity contribution in [1.82, 2.24) is 5.32 Å². The van der Waals surface area contributed by atoms with Gasteiger partial charge in [-0.25, -0.2) is 0 Å². The third-order valence-electron chi connectivity index (χ3n) is 3.01. The van der Waals surface area contributed by atoms with Gasteiger partial charge in [0.05, 0.1) is 0 Å². The largest absolute Gasteiger partial charge is 0.315 e. The van der Waals surface area contributed by atoms with Crippen molar-refractivity contribution in [2.45, 2.75) is 20.3 Å². The Morgan fingerprint density at radius 3 is 2.75 bits per heavy atom. The van der Waals surface area contributed by atoms with Crippen molar-refractivity contribution in [3.05, 3.63) is 35.4 Å². The van der Waals surface area contributed by atoms with Gasteiger partial charge in [0.1, 0.15) is 0 Å². The quantitative estimate of drug-likeness (QED) is 0.784. The van der Waals surface area contributed by atoms with E-state index in [1.807, 2.05) is 12.1 Å². The second-order valence-electron chi connectivity index (χ2n) is 5.02. The first-order chi connectivity index (χ1) is 7.66. The number of hydrogen-bond acceptors (Lipinski definition) is 2. The van der Waals surface area contributed by atoms with Crippen molar-refractivity contribution in [3.63, 3.8) is 0 Å². The number of rotatable bonds is 4. The highest BCUT2D eigenvalue weighted by atomic mass is 16.1. The lowest BCUT2D eigenvalue weighted by Crippen LogP contribution is -2.46. The molecule has 0 aliphatic carbocycles. The van der Waals surface area contributed by atoms with Crippen LogP contribution in [-0.2, 0) is 6.42 Å². The number of carbonyl (C=O) groups excluding carboxylic acids is 1. The van der Waals surface area contributed by atoms with E-state index in [1.165, 1.54) is 5.56 Å². The summed E-state index contributed by atoms with van der Waals surface area (Å²) in [4.78, 5) is 12.0. The highest BCUT2D eigenvalue weighted by molar-refractivity contribution is 5.98. The van der Waals surface area contributed by atoms with Crippen LogP contribution in [0.1, 0.15) is 29.8 Å². The van der Waals surface area contributed by atoms with Crippen LogP contribution in [0.5, 0.6) is 0 Å². The van der Waals surface area contributed by atoms with E-state index in [2.05, 4.69) is 31.3 Å². The smallest absolute Gasteiger partial charge is 0.168 e. The molecule has 1 aromatic carbocycles. The van der Waals surface area contributed by atoms with Crippen LogP contribution in [0.3, 0.4) is 0 Å². The zero-order valence-electron chi connectivity index (χ0n) is 9.99. The number of benzene rings is 1. The Kier molecular flexibility index (Phi) is 3.39. The zero-order valence-corrected chi connectivity index (χ0v) is 9.99. The van der Waals surface area contributed by atoms with Gasteiger partial charge in [-0.15, -0.1) is 0 Å². The second kappa shape index (κ2) is 4.79. The maximum absolute atomic E-state index is 12.0. The lowest BCUT2D eigenvalue weighted by Gasteiger charge is -2.25. The molecule has 0 atom stereocenters. The topological polar surface area (TPSA) is 29.1 Å². The molecule has 0 radical (unpaired) electrons. The molecule has 1 aliphatic heterocycles. The van der Waals surface area contributed by atoms with Crippen molar-refractivity contribution < 1.29 is 4.79 Å². The number of ketones is 1. The summed E-state index contributed by atoms with van der Waals surface area (Å²) in [7, 11) is 0. The highest BCUT2D eigenvalue weighted by Gasteiger charge is 2.25. The Labute approximate surface area is 97.1 Å². The fourth-order valence-corrected chi connectivity index (χ4v) is 2.03. The summed E-state index contributed by atoms with van der Waals surface area (Å²) in [6.45, 7) is 6.08. The van der Waals surface area contributed by atoms with Crippen LogP contribution in [-0.4, -0.2) is 18.9 Å². The third-order valence-corrected chi connectivity index (χ3v) is 3.01. The minimum absolute atomic E-state index is 0.203. The molecule has 1 N–H and O–H groups in total. The van der Waals surface area contributed by atoms with Crippen LogP contribution in [0.2, 0.25) is 0 Å². The van der Waals surface area contributed by atoms with E-state index in [4.69, 9.17) is 0 Å². The monoisotopic (exact) mass is 217 g/mol. The Bertz CT molecular complexity index is 380.